The molecule has 0 N–H and O–H groups in total. The average molecular weight is 294 g/mol. The molecule has 0 bridgehead atoms. The maximum Gasteiger partial charge on any atom is 0.166 e. The van der Waals surface area contributed by atoms with Gasteiger partial charge >= 0.3 is 0 Å². The van der Waals surface area contributed by atoms with Gasteiger partial charge in [-0.1, -0.05) is 43.7 Å². The molecule has 20 heavy (non-hydrogen) atoms. The fourth-order valence-corrected chi connectivity index (χ4v) is 3.29. The molecule has 0 unspecified atom stereocenters. The van der Waals surface area contributed by atoms with Crippen LogP contribution >= 0.6 is 0 Å². The highest BCUT2D eigenvalue weighted by molar-refractivity contribution is 7.89. The summed E-state index contributed by atoms with van der Waals surface area (Å²) in [6.45, 7) is 2.72. The summed E-state index contributed by atoms with van der Waals surface area (Å²) in [6, 6.07) is 9.13. The molecular formula is C13H18N4O2S. The van der Waals surface area contributed by atoms with Crippen molar-refractivity contribution in [3.63, 3.8) is 0 Å². The first-order chi connectivity index (χ1) is 9.61. The molecule has 2 rings (SSSR count). The number of aryl methyl sites for hydroxylation is 1. The first kappa shape index (κ1) is 14.6. The molecule has 0 atom stereocenters. The minimum absolute atomic E-state index is 0.00841. The Morgan fingerprint density at radius 1 is 1.15 bits per heavy atom. The summed E-state index contributed by atoms with van der Waals surface area (Å²) in [5, 5.41) is 11.2. The van der Waals surface area contributed by atoms with E-state index in [1.807, 2.05) is 18.2 Å². The van der Waals surface area contributed by atoms with Crippen LogP contribution in [0.15, 0.2) is 30.3 Å². The van der Waals surface area contributed by atoms with E-state index >= 15 is 0 Å². The van der Waals surface area contributed by atoms with Crippen LogP contribution < -0.4 is 0 Å². The number of rotatable bonds is 7. The van der Waals surface area contributed by atoms with E-state index in [-0.39, 0.29) is 11.5 Å². The van der Waals surface area contributed by atoms with E-state index in [9.17, 15) is 8.42 Å². The molecule has 0 saturated carbocycles. The lowest BCUT2D eigenvalue weighted by molar-refractivity contribution is 0.535. The van der Waals surface area contributed by atoms with Crippen LogP contribution in [-0.4, -0.2) is 28.6 Å². The van der Waals surface area contributed by atoms with Crippen molar-refractivity contribution in [3.8, 4) is 0 Å². The van der Waals surface area contributed by atoms with Crippen LogP contribution in [0.3, 0.4) is 0 Å². The van der Waals surface area contributed by atoms with E-state index < -0.39 is 9.84 Å². The summed E-state index contributed by atoms with van der Waals surface area (Å²) in [5.74, 6) is 0.293. The molecule has 108 valence electrons. The molecule has 1 aromatic heterocycles. The highest BCUT2D eigenvalue weighted by atomic mass is 32.2. The Bertz CT molecular complexity index is 637. The van der Waals surface area contributed by atoms with Gasteiger partial charge in [0, 0.05) is 6.54 Å². The van der Waals surface area contributed by atoms with Crippen molar-refractivity contribution in [1.29, 1.82) is 0 Å². The lowest BCUT2D eigenvalue weighted by atomic mass is 10.2. The summed E-state index contributed by atoms with van der Waals surface area (Å²) in [5.41, 5.74) is 0.778. The smallest absolute Gasteiger partial charge is 0.166 e. The molecular weight excluding hydrogens is 276 g/mol. The van der Waals surface area contributed by atoms with Crippen LogP contribution in [0.25, 0.3) is 0 Å². The predicted molar refractivity (Wildman–Crippen MR) is 75.5 cm³/mol. The van der Waals surface area contributed by atoms with Gasteiger partial charge in [-0.25, -0.2) is 13.1 Å². The highest BCUT2D eigenvalue weighted by Gasteiger charge is 2.17. The molecule has 6 nitrogen and oxygen atoms in total. The van der Waals surface area contributed by atoms with Crippen molar-refractivity contribution in [1.82, 2.24) is 20.2 Å². The molecule has 0 aliphatic carbocycles. The molecule has 0 radical (unpaired) electrons. The van der Waals surface area contributed by atoms with Crippen molar-refractivity contribution in [2.24, 2.45) is 0 Å². The lowest BCUT2D eigenvalue weighted by Gasteiger charge is -2.05. The van der Waals surface area contributed by atoms with E-state index in [4.69, 9.17) is 0 Å². The van der Waals surface area contributed by atoms with Gasteiger partial charge in [-0.2, -0.15) is 0 Å². The Morgan fingerprint density at radius 3 is 2.60 bits per heavy atom. The minimum Gasteiger partial charge on any atom is -0.229 e. The lowest BCUT2D eigenvalue weighted by Crippen LogP contribution is -2.13. The van der Waals surface area contributed by atoms with Crippen LogP contribution in [0.1, 0.15) is 31.2 Å². The standard InChI is InChI=1S/C13H18N4O2S/c1-2-3-9-17-13(14-15-16-17)11-20(18,19)10-12-7-5-4-6-8-12/h4-8H,2-3,9-11H2,1H3. The van der Waals surface area contributed by atoms with Crippen LogP contribution in [-0.2, 0) is 27.9 Å². The largest absolute Gasteiger partial charge is 0.229 e. The second-order valence-corrected chi connectivity index (χ2v) is 6.75. The first-order valence-corrected chi connectivity index (χ1v) is 8.42. The van der Waals surface area contributed by atoms with Crippen LogP contribution in [0.2, 0.25) is 0 Å². The third kappa shape index (κ3) is 4.12. The zero-order valence-corrected chi connectivity index (χ0v) is 12.3. The number of nitrogens with zero attached hydrogens (tertiary/aromatic N) is 4. The van der Waals surface area contributed by atoms with Gasteiger partial charge in [0.05, 0.1) is 5.75 Å². The number of hydrogen-bond donors (Lipinski definition) is 0. The second-order valence-electron chi connectivity index (χ2n) is 4.69. The van der Waals surface area contributed by atoms with Crippen molar-refractivity contribution < 1.29 is 8.42 Å². The van der Waals surface area contributed by atoms with Crippen LogP contribution in [0.5, 0.6) is 0 Å². The molecule has 0 saturated heterocycles. The number of aromatic nitrogens is 4. The summed E-state index contributed by atoms with van der Waals surface area (Å²) >= 11 is 0. The minimum atomic E-state index is -3.27. The van der Waals surface area contributed by atoms with Crippen LogP contribution in [0.4, 0.5) is 0 Å². The third-order valence-electron chi connectivity index (χ3n) is 2.91. The Morgan fingerprint density at radius 2 is 1.90 bits per heavy atom. The number of benzene rings is 1. The topological polar surface area (TPSA) is 77.7 Å². The molecule has 0 aliphatic rings. The fourth-order valence-electron chi connectivity index (χ4n) is 1.88. The summed E-state index contributed by atoms with van der Waals surface area (Å²) in [6.07, 6.45) is 1.94. The number of hydrogen-bond acceptors (Lipinski definition) is 5. The monoisotopic (exact) mass is 294 g/mol. The average Bonchev–Trinajstić information content (AvgIpc) is 2.83. The van der Waals surface area contributed by atoms with E-state index in [0.717, 1.165) is 18.4 Å². The third-order valence-corrected chi connectivity index (χ3v) is 4.38. The van der Waals surface area contributed by atoms with Crippen LogP contribution in [0, 0.1) is 0 Å². The molecule has 0 spiro atoms. The van der Waals surface area contributed by atoms with Gasteiger partial charge in [0.15, 0.2) is 15.7 Å². The first-order valence-electron chi connectivity index (χ1n) is 6.60. The van der Waals surface area contributed by atoms with E-state index in [2.05, 4.69) is 22.4 Å². The maximum atomic E-state index is 12.2. The quantitative estimate of drug-likeness (QED) is 0.775. The zero-order valence-electron chi connectivity index (χ0n) is 11.4. The van der Waals surface area contributed by atoms with Gasteiger partial charge < -0.3 is 0 Å². The van der Waals surface area contributed by atoms with Gasteiger partial charge in [-0.15, -0.1) is 5.10 Å². The number of unbranched alkanes of at least 4 members (excludes halogenated alkanes) is 1. The Labute approximate surface area is 118 Å². The number of tetrazole rings is 1. The van der Waals surface area contributed by atoms with E-state index in [0.29, 0.717) is 12.4 Å². The SMILES string of the molecule is CCCCn1nnnc1CS(=O)(=O)Cc1ccccc1. The summed E-state index contributed by atoms with van der Waals surface area (Å²) < 4.78 is 25.9. The molecule has 0 amide bonds. The maximum absolute atomic E-state index is 12.2. The van der Waals surface area contributed by atoms with Crippen molar-refractivity contribution in [2.45, 2.75) is 37.8 Å². The van der Waals surface area contributed by atoms with Gasteiger partial charge in [0.1, 0.15) is 5.75 Å². The fraction of sp³-hybridized carbons (Fsp3) is 0.462. The summed E-state index contributed by atoms with van der Waals surface area (Å²) in [7, 11) is -3.27. The van der Waals surface area contributed by atoms with Gasteiger partial charge in [-0.05, 0) is 22.4 Å². The van der Waals surface area contributed by atoms with Gasteiger partial charge in [0.2, 0.25) is 0 Å². The molecule has 2 aromatic rings. The van der Waals surface area contributed by atoms with Gasteiger partial charge in [-0.3, -0.25) is 0 Å². The summed E-state index contributed by atoms with van der Waals surface area (Å²) in [4.78, 5) is 0. The van der Waals surface area contributed by atoms with E-state index in [1.165, 1.54) is 0 Å². The molecule has 0 aliphatic heterocycles. The number of sulfone groups is 1. The molecule has 1 aromatic carbocycles. The molecule has 7 heteroatoms. The molecule has 0 fully saturated rings. The molecule has 1 heterocycles. The van der Waals surface area contributed by atoms with Crippen molar-refractivity contribution >= 4 is 9.84 Å². The highest BCUT2D eigenvalue weighted by Crippen LogP contribution is 2.10. The van der Waals surface area contributed by atoms with E-state index in [1.54, 1.807) is 16.8 Å². The Kier molecular flexibility index (Phi) is 4.84. The predicted octanol–water partition coefficient (Wildman–Crippen LogP) is 1.59. The Hall–Kier alpha value is -1.76. The Balaban J connectivity index is 2.07. The van der Waals surface area contributed by atoms with Gasteiger partial charge in [0.25, 0.3) is 0 Å². The van der Waals surface area contributed by atoms with Crippen molar-refractivity contribution in [3.05, 3.63) is 41.7 Å². The second kappa shape index (κ2) is 6.60. The zero-order chi connectivity index (χ0) is 14.4. The van der Waals surface area contributed by atoms with Crippen molar-refractivity contribution in [2.75, 3.05) is 0 Å². The normalized spacial score (nSPS) is 11.7.